The first-order valence-corrected chi connectivity index (χ1v) is 8.12. The average Bonchev–Trinajstić information content (AvgIpc) is 3.27. The van der Waals surface area contributed by atoms with E-state index in [9.17, 15) is 4.79 Å². The molecule has 0 bridgehead atoms. The summed E-state index contributed by atoms with van der Waals surface area (Å²) in [5.41, 5.74) is 3.80. The van der Waals surface area contributed by atoms with Crippen LogP contribution in [0.3, 0.4) is 0 Å². The highest BCUT2D eigenvalue weighted by Gasteiger charge is 2.11. The molecule has 0 aliphatic heterocycles. The number of aromatic nitrogens is 3. The molecule has 0 saturated carbocycles. The Morgan fingerprint density at radius 2 is 2.09 bits per heavy atom. The number of fused-ring (bicyclic) bond motifs is 1. The van der Waals surface area contributed by atoms with Crippen LogP contribution < -0.4 is 5.32 Å². The number of nitrogens with zero attached hydrogens (tertiary/aromatic N) is 1. The lowest BCUT2D eigenvalue weighted by atomic mass is 10.1. The number of H-pyrrole nitrogens is 2. The van der Waals surface area contributed by atoms with Gasteiger partial charge in [0.2, 0.25) is 5.91 Å². The number of nitrogens with one attached hydrogen (secondary N) is 3. The molecule has 3 aromatic heterocycles. The lowest BCUT2D eigenvalue weighted by molar-refractivity contribution is -0.115. The predicted octanol–water partition coefficient (Wildman–Crippen LogP) is 3.80. The minimum absolute atomic E-state index is 0.0675. The standard InChI is InChI=1S/C17H14N4OS/c22-16(8-11-9-19-13-5-2-1-4-12(11)13)21-17-20-15(10-23-17)14-6-3-7-18-14/h1-7,9-10,18-19H,8H2,(H,20,21,22). The van der Waals surface area contributed by atoms with E-state index in [1.165, 1.54) is 11.3 Å². The molecule has 0 aliphatic carbocycles. The molecule has 5 nitrogen and oxygen atoms in total. The average molecular weight is 322 g/mol. The summed E-state index contributed by atoms with van der Waals surface area (Å²) in [6.07, 6.45) is 4.06. The van der Waals surface area contributed by atoms with Gasteiger partial charge < -0.3 is 15.3 Å². The molecule has 0 fully saturated rings. The van der Waals surface area contributed by atoms with Gasteiger partial charge in [-0.15, -0.1) is 11.3 Å². The van der Waals surface area contributed by atoms with E-state index in [4.69, 9.17) is 0 Å². The number of hydrogen-bond acceptors (Lipinski definition) is 3. The Hall–Kier alpha value is -2.86. The van der Waals surface area contributed by atoms with Gasteiger partial charge in [-0.2, -0.15) is 0 Å². The van der Waals surface area contributed by atoms with Crippen molar-refractivity contribution in [1.29, 1.82) is 0 Å². The van der Waals surface area contributed by atoms with Crippen LogP contribution in [0.15, 0.2) is 54.2 Å². The molecule has 6 heteroatoms. The molecule has 0 aliphatic rings. The first kappa shape index (κ1) is 13.8. The second-order valence-electron chi connectivity index (χ2n) is 5.21. The molecule has 1 aromatic carbocycles. The van der Waals surface area contributed by atoms with Gasteiger partial charge >= 0.3 is 0 Å². The third kappa shape index (κ3) is 2.76. The number of carbonyl (C=O) groups is 1. The van der Waals surface area contributed by atoms with E-state index >= 15 is 0 Å². The summed E-state index contributed by atoms with van der Waals surface area (Å²) >= 11 is 1.42. The highest BCUT2D eigenvalue weighted by atomic mass is 32.1. The van der Waals surface area contributed by atoms with Gasteiger partial charge in [-0.25, -0.2) is 4.98 Å². The van der Waals surface area contributed by atoms with Crippen LogP contribution in [0.5, 0.6) is 0 Å². The summed E-state index contributed by atoms with van der Waals surface area (Å²) in [7, 11) is 0. The summed E-state index contributed by atoms with van der Waals surface area (Å²) in [6, 6.07) is 11.8. The predicted molar refractivity (Wildman–Crippen MR) is 92.5 cm³/mol. The maximum absolute atomic E-state index is 12.3. The normalized spacial score (nSPS) is 11.0. The summed E-state index contributed by atoms with van der Waals surface area (Å²) < 4.78 is 0. The molecule has 3 N–H and O–H groups in total. The number of aromatic amines is 2. The van der Waals surface area contributed by atoms with Crippen molar-refractivity contribution in [1.82, 2.24) is 15.0 Å². The molecule has 0 spiro atoms. The fourth-order valence-electron chi connectivity index (χ4n) is 2.56. The Labute approximate surface area is 136 Å². The number of anilines is 1. The Kier molecular flexibility index (Phi) is 3.44. The largest absolute Gasteiger partial charge is 0.361 e. The molecule has 0 saturated heterocycles. The summed E-state index contributed by atoms with van der Waals surface area (Å²) in [5.74, 6) is -0.0675. The molecular formula is C17H14N4OS. The number of para-hydroxylation sites is 1. The molecule has 3 heterocycles. The molecule has 0 radical (unpaired) electrons. The molecule has 4 aromatic rings. The molecular weight excluding hydrogens is 308 g/mol. The molecule has 23 heavy (non-hydrogen) atoms. The van der Waals surface area contributed by atoms with Crippen molar-refractivity contribution >= 4 is 33.3 Å². The number of thiazole rings is 1. The third-order valence-corrected chi connectivity index (χ3v) is 4.41. The minimum Gasteiger partial charge on any atom is -0.361 e. The van der Waals surface area contributed by atoms with Crippen LogP contribution in [0.4, 0.5) is 5.13 Å². The van der Waals surface area contributed by atoms with Gasteiger partial charge in [0.1, 0.15) is 0 Å². The number of hydrogen-bond donors (Lipinski definition) is 3. The van der Waals surface area contributed by atoms with Gasteiger partial charge in [-0.05, 0) is 23.8 Å². The van der Waals surface area contributed by atoms with Crippen LogP contribution >= 0.6 is 11.3 Å². The number of amides is 1. The first-order valence-electron chi connectivity index (χ1n) is 7.24. The molecule has 0 atom stereocenters. The molecule has 1 amide bonds. The van der Waals surface area contributed by atoms with Crippen molar-refractivity contribution in [2.75, 3.05) is 5.32 Å². The Balaban J connectivity index is 1.48. The second-order valence-corrected chi connectivity index (χ2v) is 6.06. The van der Waals surface area contributed by atoms with Gasteiger partial charge in [-0.1, -0.05) is 18.2 Å². The third-order valence-electron chi connectivity index (χ3n) is 3.65. The van der Waals surface area contributed by atoms with Crippen LogP contribution in [-0.2, 0) is 11.2 Å². The number of benzene rings is 1. The topological polar surface area (TPSA) is 73.6 Å². The van der Waals surface area contributed by atoms with Crippen molar-refractivity contribution in [3.8, 4) is 11.4 Å². The lowest BCUT2D eigenvalue weighted by Crippen LogP contribution is -2.14. The maximum atomic E-state index is 12.3. The zero-order valence-corrected chi connectivity index (χ0v) is 13.0. The number of rotatable bonds is 4. The fraction of sp³-hybridized carbons (Fsp3) is 0.0588. The van der Waals surface area contributed by atoms with Gasteiger partial charge in [-0.3, -0.25) is 4.79 Å². The summed E-state index contributed by atoms with van der Waals surface area (Å²) in [5, 5.41) is 6.48. The van der Waals surface area contributed by atoms with E-state index in [1.807, 2.05) is 54.2 Å². The van der Waals surface area contributed by atoms with E-state index in [-0.39, 0.29) is 5.91 Å². The highest BCUT2D eigenvalue weighted by molar-refractivity contribution is 7.14. The zero-order valence-electron chi connectivity index (χ0n) is 12.2. The quantitative estimate of drug-likeness (QED) is 0.534. The van der Waals surface area contributed by atoms with Crippen LogP contribution in [0.2, 0.25) is 0 Å². The van der Waals surface area contributed by atoms with Crippen LogP contribution in [0, 0.1) is 0 Å². The second kappa shape index (κ2) is 5.73. The number of carbonyl (C=O) groups excluding carboxylic acids is 1. The van der Waals surface area contributed by atoms with Gasteiger partial charge in [0.25, 0.3) is 0 Å². The van der Waals surface area contributed by atoms with Crippen LogP contribution in [0.1, 0.15) is 5.56 Å². The SMILES string of the molecule is O=C(Cc1c[nH]c2ccccc12)Nc1nc(-c2ccc[nH]2)cs1. The van der Waals surface area contributed by atoms with E-state index in [2.05, 4.69) is 20.3 Å². The van der Waals surface area contributed by atoms with E-state index < -0.39 is 0 Å². The lowest BCUT2D eigenvalue weighted by Gasteiger charge is -2.01. The van der Waals surface area contributed by atoms with Crippen molar-refractivity contribution in [2.45, 2.75) is 6.42 Å². The Morgan fingerprint density at radius 3 is 2.96 bits per heavy atom. The smallest absolute Gasteiger partial charge is 0.230 e. The van der Waals surface area contributed by atoms with Gasteiger partial charge in [0, 0.05) is 28.7 Å². The van der Waals surface area contributed by atoms with Gasteiger partial charge in [0.05, 0.1) is 17.8 Å². The molecule has 4 rings (SSSR count). The highest BCUT2D eigenvalue weighted by Crippen LogP contribution is 2.24. The van der Waals surface area contributed by atoms with E-state index in [1.54, 1.807) is 0 Å². The van der Waals surface area contributed by atoms with E-state index in [0.29, 0.717) is 11.6 Å². The monoisotopic (exact) mass is 322 g/mol. The Morgan fingerprint density at radius 1 is 1.17 bits per heavy atom. The van der Waals surface area contributed by atoms with Crippen molar-refractivity contribution in [3.05, 3.63) is 59.7 Å². The van der Waals surface area contributed by atoms with E-state index in [0.717, 1.165) is 27.9 Å². The first-order chi connectivity index (χ1) is 11.3. The summed E-state index contributed by atoms with van der Waals surface area (Å²) in [4.78, 5) is 23.0. The van der Waals surface area contributed by atoms with Crippen LogP contribution in [0.25, 0.3) is 22.3 Å². The van der Waals surface area contributed by atoms with Crippen LogP contribution in [-0.4, -0.2) is 20.9 Å². The van der Waals surface area contributed by atoms with Crippen molar-refractivity contribution in [2.24, 2.45) is 0 Å². The minimum atomic E-state index is -0.0675. The van der Waals surface area contributed by atoms with Gasteiger partial charge in [0.15, 0.2) is 5.13 Å². The van der Waals surface area contributed by atoms with Crippen molar-refractivity contribution < 1.29 is 4.79 Å². The molecule has 0 unspecified atom stereocenters. The fourth-order valence-corrected chi connectivity index (χ4v) is 3.29. The summed E-state index contributed by atoms with van der Waals surface area (Å²) in [6.45, 7) is 0. The van der Waals surface area contributed by atoms with Crippen molar-refractivity contribution in [3.63, 3.8) is 0 Å². The molecule has 114 valence electrons. The maximum Gasteiger partial charge on any atom is 0.230 e. The Bertz CT molecular complexity index is 952. The zero-order chi connectivity index (χ0) is 15.6.